The molecule has 0 heterocycles. The number of hydrogen-bond acceptors (Lipinski definition) is 4. The summed E-state index contributed by atoms with van der Waals surface area (Å²) in [6.45, 7) is 8.59. The third-order valence-electron chi connectivity index (χ3n) is 6.47. The largest absolute Gasteiger partial charge is 0.350 e. The van der Waals surface area contributed by atoms with Crippen molar-refractivity contribution in [2.75, 3.05) is 17.1 Å². The summed E-state index contributed by atoms with van der Waals surface area (Å²) < 4.78 is 27.2. The first-order chi connectivity index (χ1) is 19.1. The highest BCUT2D eigenvalue weighted by Gasteiger charge is 2.35. The Morgan fingerprint density at radius 1 is 0.927 bits per heavy atom. The zero-order chi connectivity index (χ0) is 30.5. The topological polar surface area (TPSA) is 86.8 Å². The Bertz CT molecular complexity index is 1490. The first kappa shape index (κ1) is 32.4. The Morgan fingerprint density at radius 3 is 2.10 bits per heavy atom. The van der Waals surface area contributed by atoms with Gasteiger partial charge in [-0.25, -0.2) is 8.42 Å². The maximum atomic E-state index is 14.3. The molecule has 0 aliphatic heterocycles. The second-order valence-corrected chi connectivity index (χ2v) is 13.9. The fourth-order valence-electron chi connectivity index (χ4n) is 4.44. The molecule has 0 aliphatic rings. The van der Waals surface area contributed by atoms with E-state index in [2.05, 4.69) is 5.32 Å². The molecule has 7 nitrogen and oxygen atoms in total. The van der Waals surface area contributed by atoms with Gasteiger partial charge in [0.15, 0.2) is 0 Å². The summed E-state index contributed by atoms with van der Waals surface area (Å²) in [6, 6.07) is 18.8. The molecule has 3 aromatic carbocycles. The summed E-state index contributed by atoms with van der Waals surface area (Å²) in [6.07, 6.45) is 1.25. The van der Waals surface area contributed by atoms with Gasteiger partial charge in [0.2, 0.25) is 21.8 Å². The number of hydrogen-bond donors (Lipinski definition) is 1. The molecule has 0 spiro atoms. The van der Waals surface area contributed by atoms with Gasteiger partial charge in [-0.05, 0) is 69.5 Å². The van der Waals surface area contributed by atoms with Crippen LogP contribution in [-0.4, -0.2) is 49.5 Å². The molecule has 41 heavy (non-hydrogen) atoms. The molecule has 0 aliphatic carbocycles. The number of benzene rings is 3. The summed E-state index contributed by atoms with van der Waals surface area (Å²) in [5.41, 5.74) is 2.65. The van der Waals surface area contributed by atoms with Gasteiger partial charge in [0.25, 0.3) is 0 Å². The molecule has 0 saturated heterocycles. The predicted octanol–water partition coefficient (Wildman–Crippen LogP) is 5.93. The SMILES string of the molecule is Cc1ccc(C)c(N(CC(=O)N(Cc2c(Cl)cccc2Cl)[C@H](Cc2ccccc2)C(=O)NC(C)(C)C)S(C)(=O)=O)c1. The molecule has 3 aromatic rings. The summed E-state index contributed by atoms with van der Waals surface area (Å²) in [5, 5.41) is 3.66. The van der Waals surface area contributed by atoms with E-state index in [0.717, 1.165) is 21.7 Å². The molecule has 0 bridgehead atoms. The van der Waals surface area contributed by atoms with Crippen molar-refractivity contribution in [2.45, 2.75) is 59.2 Å². The monoisotopic (exact) mass is 617 g/mol. The van der Waals surface area contributed by atoms with Crippen LogP contribution >= 0.6 is 23.2 Å². The molecule has 1 atom stereocenters. The van der Waals surface area contributed by atoms with Gasteiger partial charge in [0, 0.05) is 34.1 Å². The van der Waals surface area contributed by atoms with Gasteiger partial charge >= 0.3 is 0 Å². The van der Waals surface area contributed by atoms with E-state index in [1.54, 1.807) is 31.2 Å². The Balaban J connectivity index is 2.15. The Labute approximate surface area is 253 Å². The van der Waals surface area contributed by atoms with Gasteiger partial charge in [-0.3, -0.25) is 13.9 Å². The van der Waals surface area contributed by atoms with Crippen molar-refractivity contribution in [3.05, 3.63) is 99.0 Å². The maximum absolute atomic E-state index is 14.3. The number of sulfonamides is 1. The number of carbonyl (C=O) groups is 2. The summed E-state index contributed by atoms with van der Waals surface area (Å²) in [4.78, 5) is 29.4. The van der Waals surface area contributed by atoms with Crippen molar-refractivity contribution in [2.24, 2.45) is 0 Å². The molecule has 0 unspecified atom stereocenters. The van der Waals surface area contributed by atoms with E-state index in [4.69, 9.17) is 23.2 Å². The standard InChI is InChI=1S/C31H37Cl2N3O4S/c1-21-15-16-22(2)27(17-21)36(41(6,39)40)20-29(37)35(19-24-25(32)13-10-14-26(24)33)28(30(38)34-31(3,4)5)18-23-11-8-7-9-12-23/h7-17,28H,18-20H2,1-6H3,(H,34,38)/t28-/m1/s1. The second kappa shape index (κ2) is 13.3. The highest BCUT2D eigenvalue weighted by atomic mass is 35.5. The van der Waals surface area contributed by atoms with E-state index in [0.29, 0.717) is 26.9 Å². The number of carbonyl (C=O) groups excluding carboxylic acids is 2. The van der Waals surface area contributed by atoms with Crippen molar-refractivity contribution in [1.29, 1.82) is 0 Å². The minimum atomic E-state index is -3.88. The average Bonchev–Trinajstić information content (AvgIpc) is 2.86. The van der Waals surface area contributed by atoms with Gasteiger partial charge < -0.3 is 10.2 Å². The number of aryl methyl sites for hydroxylation is 2. The van der Waals surface area contributed by atoms with Crippen molar-refractivity contribution >= 4 is 50.7 Å². The molecule has 2 amide bonds. The van der Waals surface area contributed by atoms with Crippen LogP contribution in [0.3, 0.4) is 0 Å². The van der Waals surface area contributed by atoms with Crippen molar-refractivity contribution in [3.63, 3.8) is 0 Å². The lowest BCUT2D eigenvalue weighted by molar-refractivity contribution is -0.140. The third kappa shape index (κ3) is 8.96. The first-order valence-corrected chi connectivity index (χ1v) is 15.8. The number of nitrogens with one attached hydrogen (secondary N) is 1. The van der Waals surface area contributed by atoms with Crippen molar-refractivity contribution in [1.82, 2.24) is 10.2 Å². The highest BCUT2D eigenvalue weighted by molar-refractivity contribution is 7.92. The normalized spacial score (nSPS) is 12.5. The molecule has 3 rings (SSSR count). The molecule has 0 saturated carbocycles. The van der Waals surface area contributed by atoms with Gasteiger partial charge in [-0.15, -0.1) is 0 Å². The average molecular weight is 619 g/mol. The lowest BCUT2D eigenvalue weighted by Crippen LogP contribution is -2.56. The first-order valence-electron chi connectivity index (χ1n) is 13.2. The molecule has 0 fully saturated rings. The van der Waals surface area contributed by atoms with Gasteiger partial charge in [0.1, 0.15) is 12.6 Å². The number of halogens is 2. The second-order valence-electron chi connectivity index (χ2n) is 11.2. The molecular formula is C31H37Cl2N3O4S. The molecule has 0 radical (unpaired) electrons. The predicted molar refractivity (Wildman–Crippen MR) is 167 cm³/mol. The van der Waals surface area contributed by atoms with Crippen LogP contribution < -0.4 is 9.62 Å². The van der Waals surface area contributed by atoms with Crippen LogP contribution in [0, 0.1) is 13.8 Å². The number of anilines is 1. The Hall–Kier alpha value is -3.07. The van der Waals surface area contributed by atoms with Crippen LogP contribution in [0.2, 0.25) is 10.0 Å². The van der Waals surface area contributed by atoms with Crippen molar-refractivity contribution in [3.8, 4) is 0 Å². The van der Waals surface area contributed by atoms with E-state index >= 15 is 0 Å². The summed E-state index contributed by atoms with van der Waals surface area (Å²) in [7, 11) is -3.88. The minimum absolute atomic E-state index is 0.100. The number of rotatable bonds is 10. The highest BCUT2D eigenvalue weighted by Crippen LogP contribution is 2.29. The molecular weight excluding hydrogens is 581 g/mol. The van der Waals surface area contributed by atoms with Gasteiger partial charge in [-0.1, -0.05) is 71.7 Å². The van der Waals surface area contributed by atoms with Crippen LogP contribution in [0.25, 0.3) is 0 Å². The fraction of sp³-hybridized carbons (Fsp3) is 0.355. The lowest BCUT2D eigenvalue weighted by Gasteiger charge is -2.35. The summed E-state index contributed by atoms with van der Waals surface area (Å²) in [5.74, 6) is -0.951. The van der Waals surface area contributed by atoms with E-state index < -0.39 is 34.1 Å². The van der Waals surface area contributed by atoms with E-state index in [1.165, 1.54) is 4.90 Å². The molecule has 1 N–H and O–H groups in total. The number of nitrogens with zero attached hydrogens (tertiary/aromatic N) is 2. The Kier molecular flexibility index (Phi) is 10.5. The number of amides is 2. The van der Waals surface area contributed by atoms with Crippen LogP contribution in [0.5, 0.6) is 0 Å². The third-order valence-corrected chi connectivity index (χ3v) is 8.31. The molecule has 0 aromatic heterocycles. The molecule has 220 valence electrons. The van der Waals surface area contributed by atoms with Crippen molar-refractivity contribution < 1.29 is 18.0 Å². The van der Waals surface area contributed by atoms with Crippen LogP contribution in [-0.2, 0) is 32.6 Å². The van der Waals surface area contributed by atoms with E-state index in [9.17, 15) is 18.0 Å². The van der Waals surface area contributed by atoms with E-state index in [1.807, 2.05) is 70.2 Å². The van der Waals surface area contributed by atoms with Crippen LogP contribution in [0.15, 0.2) is 66.7 Å². The zero-order valence-electron chi connectivity index (χ0n) is 24.2. The van der Waals surface area contributed by atoms with Gasteiger partial charge in [0.05, 0.1) is 11.9 Å². The van der Waals surface area contributed by atoms with Gasteiger partial charge in [-0.2, -0.15) is 0 Å². The Morgan fingerprint density at radius 2 is 1.54 bits per heavy atom. The fourth-order valence-corrected chi connectivity index (χ4v) is 5.86. The molecule has 10 heteroatoms. The quantitative estimate of drug-likeness (QED) is 0.305. The van der Waals surface area contributed by atoms with E-state index in [-0.39, 0.29) is 18.9 Å². The maximum Gasteiger partial charge on any atom is 0.244 e. The minimum Gasteiger partial charge on any atom is -0.350 e. The van der Waals surface area contributed by atoms with Crippen LogP contribution in [0.4, 0.5) is 5.69 Å². The van der Waals surface area contributed by atoms with Crippen LogP contribution in [0.1, 0.15) is 43.0 Å². The zero-order valence-corrected chi connectivity index (χ0v) is 26.6. The summed E-state index contributed by atoms with van der Waals surface area (Å²) >= 11 is 13.0. The smallest absolute Gasteiger partial charge is 0.244 e. The lowest BCUT2D eigenvalue weighted by atomic mass is 10.0.